The van der Waals surface area contributed by atoms with Gasteiger partial charge in [0.1, 0.15) is 0 Å². The Labute approximate surface area is 133 Å². The van der Waals surface area contributed by atoms with Gasteiger partial charge in [-0.25, -0.2) is 0 Å². The van der Waals surface area contributed by atoms with Gasteiger partial charge >= 0.3 is 0 Å². The van der Waals surface area contributed by atoms with Gasteiger partial charge in [-0.1, -0.05) is 0 Å². The number of carbonyl (C=O) groups excluding carboxylic acids is 1. The van der Waals surface area contributed by atoms with E-state index in [2.05, 4.69) is 15.9 Å². The fourth-order valence-electron chi connectivity index (χ4n) is 2.42. The molecule has 5 nitrogen and oxygen atoms in total. The van der Waals surface area contributed by atoms with Crippen LogP contribution in [-0.4, -0.2) is 43.7 Å². The van der Waals surface area contributed by atoms with Gasteiger partial charge in [-0.15, -0.1) is 0 Å². The van der Waals surface area contributed by atoms with Crippen LogP contribution in [0.4, 0.5) is 0 Å². The average molecular weight is 357 g/mol. The first-order chi connectivity index (χ1) is 9.92. The summed E-state index contributed by atoms with van der Waals surface area (Å²) in [5.74, 6) is 1.19. The van der Waals surface area contributed by atoms with E-state index in [1.807, 2.05) is 19.1 Å². The van der Waals surface area contributed by atoms with E-state index < -0.39 is 6.10 Å². The summed E-state index contributed by atoms with van der Waals surface area (Å²) in [6, 6.07) is 3.94. The maximum Gasteiger partial charge on any atom is 0.263 e. The molecule has 0 radical (unpaired) electrons. The largest absolute Gasteiger partial charge is 0.493 e. The van der Waals surface area contributed by atoms with Gasteiger partial charge in [-0.2, -0.15) is 0 Å². The van der Waals surface area contributed by atoms with Crippen molar-refractivity contribution < 1.29 is 14.3 Å². The number of benzene rings is 1. The quantitative estimate of drug-likeness (QED) is 0.875. The molecule has 0 aromatic heterocycles. The molecule has 1 aromatic carbocycles. The fourth-order valence-corrected chi connectivity index (χ4v) is 3.00. The van der Waals surface area contributed by atoms with E-state index in [9.17, 15) is 4.79 Å². The predicted octanol–water partition coefficient (Wildman–Crippen LogP) is 1.96. The molecular weight excluding hydrogens is 336 g/mol. The highest BCUT2D eigenvalue weighted by atomic mass is 79.9. The molecule has 0 bridgehead atoms. The minimum absolute atomic E-state index is 0.00334. The Morgan fingerprint density at radius 3 is 2.76 bits per heavy atom. The van der Waals surface area contributed by atoms with E-state index in [1.165, 1.54) is 0 Å². The maximum absolute atomic E-state index is 12.0. The van der Waals surface area contributed by atoms with Crippen molar-refractivity contribution in [1.82, 2.24) is 4.90 Å². The van der Waals surface area contributed by atoms with Gasteiger partial charge in [0.15, 0.2) is 17.6 Å². The first kappa shape index (κ1) is 16.1. The number of halogens is 1. The number of hydrogen-bond acceptors (Lipinski definition) is 4. The molecule has 2 N–H and O–H groups in total. The lowest BCUT2D eigenvalue weighted by Crippen LogP contribution is -2.29. The molecule has 1 aliphatic rings. The zero-order valence-corrected chi connectivity index (χ0v) is 14.1. The third kappa shape index (κ3) is 3.68. The molecule has 1 aliphatic heterocycles. The maximum atomic E-state index is 12.0. The summed E-state index contributed by atoms with van der Waals surface area (Å²) in [6.07, 6.45) is 0.992. The van der Waals surface area contributed by atoms with Crippen LogP contribution in [0.5, 0.6) is 11.5 Å². The molecule has 2 unspecified atom stereocenters. The van der Waals surface area contributed by atoms with Gasteiger partial charge in [0.05, 0.1) is 11.6 Å². The van der Waals surface area contributed by atoms with Crippen molar-refractivity contribution in [1.29, 1.82) is 0 Å². The normalized spacial score (nSPS) is 19.8. The third-order valence-electron chi connectivity index (χ3n) is 3.49. The number of methoxy groups -OCH3 is 1. The van der Waals surface area contributed by atoms with Crippen molar-refractivity contribution in [3.63, 3.8) is 0 Å². The summed E-state index contributed by atoms with van der Waals surface area (Å²) in [5.41, 5.74) is 6.90. The Hall–Kier alpha value is -1.27. The van der Waals surface area contributed by atoms with E-state index in [4.69, 9.17) is 15.2 Å². The van der Waals surface area contributed by atoms with Crippen LogP contribution < -0.4 is 15.2 Å². The van der Waals surface area contributed by atoms with Crippen LogP contribution in [0, 0.1) is 0 Å². The van der Waals surface area contributed by atoms with Crippen LogP contribution in [0.1, 0.15) is 18.9 Å². The van der Waals surface area contributed by atoms with Gasteiger partial charge in [0, 0.05) is 26.1 Å². The summed E-state index contributed by atoms with van der Waals surface area (Å²) in [7, 11) is 3.37. The minimum atomic E-state index is -0.445. The number of carbonyl (C=O) groups is 1. The Kier molecular flexibility index (Phi) is 5.11. The lowest BCUT2D eigenvalue weighted by Gasteiger charge is -2.18. The highest BCUT2D eigenvalue weighted by Gasteiger charge is 2.32. The van der Waals surface area contributed by atoms with Crippen LogP contribution in [0.15, 0.2) is 16.6 Å². The SMILES string of the molecule is COc1cc(CC(C)N)cc(Br)c1OC1CCN(C)C1=O. The highest BCUT2D eigenvalue weighted by Crippen LogP contribution is 2.38. The molecule has 1 saturated heterocycles. The Bertz CT molecular complexity index is 534. The zero-order chi connectivity index (χ0) is 15.6. The van der Waals surface area contributed by atoms with Gasteiger partial charge in [0.2, 0.25) is 0 Å². The van der Waals surface area contributed by atoms with Crippen molar-refractivity contribution in [3.8, 4) is 11.5 Å². The number of ether oxygens (including phenoxy) is 2. The summed E-state index contributed by atoms with van der Waals surface area (Å²) in [4.78, 5) is 13.6. The van der Waals surface area contributed by atoms with Gasteiger partial charge in [0.25, 0.3) is 5.91 Å². The number of nitrogens with zero attached hydrogens (tertiary/aromatic N) is 1. The molecule has 1 aromatic rings. The molecule has 21 heavy (non-hydrogen) atoms. The van der Waals surface area contributed by atoms with Crippen LogP contribution in [0.2, 0.25) is 0 Å². The molecule has 1 fully saturated rings. The molecule has 116 valence electrons. The topological polar surface area (TPSA) is 64.8 Å². The molecule has 0 saturated carbocycles. The average Bonchev–Trinajstić information content (AvgIpc) is 2.72. The number of rotatable bonds is 5. The molecule has 0 spiro atoms. The number of amides is 1. The molecule has 1 amide bonds. The van der Waals surface area contributed by atoms with Crippen LogP contribution in [0.25, 0.3) is 0 Å². The Morgan fingerprint density at radius 2 is 2.24 bits per heavy atom. The number of likely N-dealkylation sites (N-methyl/N-ethyl adjacent to an activating group) is 1. The first-order valence-electron chi connectivity index (χ1n) is 6.96. The fraction of sp³-hybridized carbons (Fsp3) is 0.533. The molecule has 1 heterocycles. The molecule has 2 rings (SSSR count). The predicted molar refractivity (Wildman–Crippen MR) is 84.7 cm³/mol. The highest BCUT2D eigenvalue weighted by molar-refractivity contribution is 9.10. The van der Waals surface area contributed by atoms with E-state index in [1.54, 1.807) is 19.1 Å². The van der Waals surface area contributed by atoms with Crippen LogP contribution >= 0.6 is 15.9 Å². The Morgan fingerprint density at radius 1 is 1.52 bits per heavy atom. The second kappa shape index (κ2) is 6.66. The summed E-state index contributed by atoms with van der Waals surface area (Å²) >= 11 is 3.50. The van der Waals surface area contributed by atoms with E-state index >= 15 is 0 Å². The summed E-state index contributed by atoms with van der Waals surface area (Å²) in [5, 5.41) is 0. The lowest BCUT2D eigenvalue weighted by molar-refractivity contribution is -0.132. The minimum Gasteiger partial charge on any atom is -0.493 e. The van der Waals surface area contributed by atoms with Gasteiger partial charge < -0.3 is 20.1 Å². The summed E-state index contributed by atoms with van der Waals surface area (Å²) in [6.45, 7) is 2.67. The van der Waals surface area contributed by atoms with Crippen molar-refractivity contribution in [3.05, 3.63) is 22.2 Å². The monoisotopic (exact) mass is 356 g/mol. The third-order valence-corrected chi connectivity index (χ3v) is 4.07. The first-order valence-corrected chi connectivity index (χ1v) is 7.75. The molecule has 0 aliphatic carbocycles. The second-order valence-electron chi connectivity index (χ2n) is 5.45. The second-order valence-corrected chi connectivity index (χ2v) is 6.30. The van der Waals surface area contributed by atoms with Crippen molar-refractivity contribution >= 4 is 21.8 Å². The number of likely N-dealkylation sites (tertiary alicyclic amines) is 1. The summed E-state index contributed by atoms with van der Waals surface area (Å²) < 4.78 is 12.1. The van der Waals surface area contributed by atoms with Crippen molar-refractivity contribution in [2.45, 2.75) is 31.9 Å². The van der Waals surface area contributed by atoms with Crippen molar-refractivity contribution in [2.24, 2.45) is 5.73 Å². The Balaban J connectivity index is 2.24. The van der Waals surface area contributed by atoms with Crippen molar-refractivity contribution in [2.75, 3.05) is 20.7 Å². The molecule has 2 atom stereocenters. The van der Waals surface area contributed by atoms with Gasteiger partial charge in [-0.05, 0) is 47.0 Å². The van der Waals surface area contributed by atoms with Crippen LogP contribution in [-0.2, 0) is 11.2 Å². The van der Waals surface area contributed by atoms with E-state index in [0.29, 0.717) is 24.5 Å². The van der Waals surface area contributed by atoms with Gasteiger partial charge in [-0.3, -0.25) is 4.79 Å². The zero-order valence-electron chi connectivity index (χ0n) is 12.6. The standard InChI is InChI=1S/C15H21BrN2O3/c1-9(17)6-10-7-11(16)14(13(8-10)20-3)21-12-4-5-18(2)15(12)19/h7-9,12H,4-6,17H2,1-3H3. The van der Waals surface area contributed by atoms with E-state index in [0.717, 1.165) is 16.5 Å². The number of hydrogen-bond donors (Lipinski definition) is 1. The van der Waals surface area contributed by atoms with Crippen LogP contribution in [0.3, 0.4) is 0 Å². The van der Waals surface area contributed by atoms with E-state index in [-0.39, 0.29) is 11.9 Å². The molecular formula is C15H21BrN2O3. The number of nitrogens with two attached hydrogens (primary N) is 1. The molecule has 6 heteroatoms. The lowest BCUT2D eigenvalue weighted by atomic mass is 10.1. The smallest absolute Gasteiger partial charge is 0.263 e.